The van der Waals surface area contributed by atoms with E-state index in [2.05, 4.69) is 15.3 Å². The Morgan fingerprint density at radius 1 is 0.913 bits per heavy atom. The predicted octanol–water partition coefficient (Wildman–Crippen LogP) is 5.29. The lowest BCUT2D eigenvalue weighted by Crippen LogP contribution is -2.09. The first-order valence-corrected chi connectivity index (χ1v) is 8.12. The van der Waals surface area contributed by atoms with Crippen molar-refractivity contribution in [3.8, 4) is 11.1 Å². The van der Waals surface area contributed by atoms with E-state index in [4.69, 9.17) is 23.2 Å². The Morgan fingerprint density at radius 3 is 2.52 bits per heavy atom. The second-order valence-corrected chi connectivity index (χ2v) is 6.28. The minimum atomic E-state index is 0.560. The molecule has 1 aromatic heterocycles. The molecule has 0 saturated heterocycles. The number of nitrogens with zero attached hydrogens (tertiary/aromatic N) is 2. The van der Waals surface area contributed by atoms with E-state index in [1.165, 1.54) is 5.56 Å². The molecule has 0 radical (unpaired) electrons. The lowest BCUT2D eigenvalue weighted by Gasteiger charge is -2.20. The summed E-state index contributed by atoms with van der Waals surface area (Å²) in [6.45, 7) is 0. The third kappa shape index (κ3) is 2.78. The molecule has 0 atom stereocenters. The van der Waals surface area contributed by atoms with Crippen LogP contribution in [0.5, 0.6) is 0 Å². The Labute approximate surface area is 144 Å². The number of hydrogen-bond donors (Lipinski definition) is 1. The van der Waals surface area contributed by atoms with Crippen LogP contribution in [0.15, 0.2) is 48.7 Å². The second-order valence-electron chi connectivity index (χ2n) is 5.47. The number of para-hydroxylation sites is 1. The van der Waals surface area contributed by atoms with Gasteiger partial charge in [-0.15, -0.1) is 0 Å². The van der Waals surface area contributed by atoms with Crippen LogP contribution in [0.1, 0.15) is 11.3 Å². The monoisotopic (exact) mass is 341 g/mol. The number of benzene rings is 2. The normalized spacial score (nSPS) is 12.4. The molecule has 3 nitrogen and oxygen atoms in total. The van der Waals surface area contributed by atoms with E-state index in [9.17, 15) is 0 Å². The summed E-state index contributed by atoms with van der Waals surface area (Å²) in [5, 5.41) is 4.38. The molecule has 0 bridgehead atoms. The van der Waals surface area contributed by atoms with Crippen molar-refractivity contribution >= 4 is 34.8 Å². The molecule has 0 unspecified atom stereocenters. The van der Waals surface area contributed by atoms with Gasteiger partial charge in [0.15, 0.2) is 0 Å². The summed E-state index contributed by atoms with van der Waals surface area (Å²) in [6, 6.07) is 13.7. The minimum absolute atomic E-state index is 0.560. The van der Waals surface area contributed by atoms with Gasteiger partial charge in [0.2, 0.25) is 5.95 Å². The van der Waals surface area contributed by atoms with E-state index in [0.717, 1.165) is 35.3 Å². The summed E-state index contributed by atoms with van der Waals surface area (Å²) in [7, 11) is 0. The first-order chi connectivity index (χ1) is 11.2. The molecule has 23 heavy (non-hydrogen) atoms. The highest BCUT2D eigenvalue weighted by Gasteiger charge is 2.20. The van der Waals surface area contributed by atoms with Crippen molar-refractivity contribution < 1.29 is 0 Å². The molecular weight excluding hydrogens is 329 g/mol. The van der Waals surface area contributed by atoms with E-state index in [1.54, 1.807) is 0 Å². The Morgan fingerprint density at radius 2 is 1.70 bits per heavy atom. The Hall–Kier alpha value is -2.10. The summed E-state index contributed by atoms with van der Waals surface area (Å²) in [5.41, 5.74) is 5.30. The maximum Gasteiger partial charge on any atom is 0.227 e. The van der Waals surface area contributed by atoms with E-state index in [1.807, 2.05) is 48.7 Å². The molecule has 1 N–H and O–H groups in total. The number of halogens is 2. The van der Waals surface area contributed by atoms with E-state index in [-0.39, 0.29) is 0 Å². The van der Waals surface area contributed by atoms with Crippen molar-refractivity contribution in [1.29, 1.82) is 0 Å². The molecule has 0 fully saturated rings. The fourth-order valence-electron chi connectivity index (χ4n) is 2.84. The van der Waals surface area contributed by atoms with Gasteiger partial charge in [-0.3, -0.25) is 0 Å². The highest BCUT2D eigenvalue weighted by molar-refractivity contribution is 6.42. The quantitative estimate of drug-likeness (QED) is 0.687. The molecule has 1 heterocycles. The summed E-state index contributed by atoms with van der Waals surface area (Å²) in [6.07, 6.45) is 3.63. The van der Waals surface area contributed by atoms with Gasteiger partial charge < -0.3 is 5.32 Å². The summed E-state index contributed by atoms with van der Waals surface area (Å²) >= 11 is 12.3. The van der Waals surface area contributed by atoms with Crippen LogP contribution in [0.3, 0.4) is 0 Å². The minimum Gasteiger partial charge on any atom is -0.324 e. The van der Waals surface area contributed by atoms with E-state index in [0.29, 0.717) is 16.0 Å². The Bertz CT molecular complexity index is 879. The van der Waals surface area contributed by atoms with Crippen LogP contribution in [-0.4, -0.2) is 9.97 Å². The zero-order valence-electron chi connectivity index (χ0n) is 12.2. The maximum absolute atomic E-state index is 6.17. The number of aromatic nitrogens is 2. The molecular formula is C18H13Cl2N3. The first-order valence-electron chi connectivity index (χ1n) is 7.37. The van der Waals surface area contributed by atoms with Gasteiger partial charge in [0.05, 0.1) is 15.7 Å². The van der Waals surface area contributed by atoms with Crippen molar-refractivity contribution in [1.82, 2.24) is 9.97 Å². The van der Waals surface area contributed by atoms with Gasteiger partial charge in [-0.05, 0) is 48.2 Å². The fraction of sp³-hybridized carbons (Fsp3) is 0.111. The zero-order valence-corrected chi connectivity index (χ0v) is 13.7. The van der Waals surface area contributed by atoms with Crippen LogP contribution >= 0.6 is 23.2 Å². The van der Waals surface area contributed by atoms with Crippen LogP contribution in [0.4, 0.5) is 11.6 Å². The number of anilines is 2. The van der Waals surface area contributed by atoms with Gasteiger partial charge in [-0.25, -0.2) is 9.97 Å². The molecule has 1 aliphatic rings. The van der Waals surface area contributed by atoms with E-state index < -0.39 is 0 Å². The SMILES string of the molecule is Clc1cc2c(cc1Cl)-c1cnc(Nc3ccccc3)nc1CC2. The topological polar surface area (TPSA) is 37.8 Å². The average Bonchev–Trinajstić information content (AvgIpc) is 2.57. The third-order valence-corrected chi connectivity index (χ3v) is 4.69. The van der Waals surface area contributed by atoms with Gasteiger partial charge in [-0.2, -0.15) is 0 Å². The number of fused-ring (bicyclic) bond motifs is 3. The van der Waals surface area contributed by atoms with Gasteiger partial charge in [0.25, 0.3) is 0 Å². The first kappa shape index (κ1) is 14.5. The highest BCUT2D eigenvalue weighted by Crippen LogP contribution is 2.37. The largest absolute Gasteiger partial charge is 0.324 e. The number of aryl methyl sites for hydroxylation is 2. The van der Waals surface area contributed by atoms with E-state index >= 15 is 0 Å². The van der Waals surface area contributed by atoms with Crippen LogP contribution < -0.4 is 5.32 Å². The molecule has 1 aliphatic carbocycles. The molecule has 0 aliphatic heterocycles. The zero-order chi connectivity index (χ0) is 15.8. The number of rotatable bonds is 2. The Kier molecular flexibility index (Phi) is 3.68. The van der Waals surface area contributed by atoms with Gasteiger partial charge in [-0.1, -0.05) is 41.4 Å². The lowest BCUT2D eigenvalue weighted by molar-refractivity contribution is 0.886. The molecule has 0 amide bonds. The Balaban J connectivity index is 1.72. The van der Waals surface area contributed by atoms with Crippen LogP contribution in [0.2, 0.25) is 10.0 Å². The molecule has 2 aromatic carbocycles. The maximum atomic E-state index is 6.17. The summed E-state index contributed by atoms with van der Waals surface area (Å²) in [5.74, 6) is 0.610. The van der Waals surface area contributed by atoms with Crippen LogP contribution in [0.25, 0.3) is 11.1 Å². The number of hydrogen-bond acceptors (Lipinski definition) is 3. The summed E-state index contributed by atoms with van der Waals surface area (Å²) < 4.78 is 0. The number of nitrogens with one attached hydrogen (secondary N) is 1. The smallest absolute Gasteiger partial charge is 0.227 e. The molecule has 0 saturated carbocycles. The van der Waals surface area contributed by atoms with Crippen molar-refractivity contribution in [3.05, 3.63) is 70.0 Å². The van der Waals surface area contributed by atoms with Crippen molar-refractivity contribution in [3.63, 3.8) is 0 Å². The van der Waals surface area contributed by atoms with Crippen molar-refractivity contribution in [2.24, 2.45) is 0 Å². The van der Waals surface area contributed by atoms with Crippen molar-refractivity contribution in [2.45, 2.75) is 12.8 Å². The summed E-state index contributed by atoms with van der Waals surface area (Å²) in [4.78, 5) is 9.10. The van der Waals surface area contributed by atoms with Gasteiger partial charge in [0.1, 0.15) is 0 Å². The standard InChI is InChI=1S/C18H13Cl2N3/c19-15-8-11-6-7-17-14(13(11)9-16(15)20)10-21-18(23-17)22-12-4-2-1-3-5-12/h1-5,8-10H,6-7H2,(H,21,22,23). The average molecular weight is 342 g/mol. The third-order valence-electron chi connectivity index (χ3n) is 3.97. The molecule has 3 aromatic rings. The van der Waals surface area contributed by atoms with Crippen LogP contribution in [-0.2, 0) is 12.8 Å². The molecule has 5 heteroatoms. The molecule has 4 rings (SSSR count). The fourth-order valence-corrected chi connectivity index (χ4v) is 3.19. The predicted molar refractivity (Wildman–Crippen MR) is 94.6 cm³/mol. The molecule has 114 valence electrons. The second kappa shape index (κ2) is 5.84. The lowest BCUT2D eigenvalue weighted by atomic mass is 9.89. The highest BCUT2D eigenvalue weighted by atomic mass is 35.5. The van der Waals surface area contributed by atoms with Crippen molar-refractivity contribution in [2.75, 3.05) is 5.32 Å². The van der Waals surface area contributed by atoms with Gasteiger partial charge in [0, 0.05) is 17.4 Å². The molecule has 0 spiro atoms. The van der Waals surface area contributed by atoms with Crippen LogP contribution in [0, 0.1) is 0 Å². The van der Waals surface area contributed by atoms with Gasteiger partial charge >= 0.3 is 0 Å².